The van der Waals surface area contributed by atoms with Crippen LogP contribution in [0.25, 0.3) is 0 Å². The average molecular weight is 519 g/mol. The maximum Gasteiger partial charge on any atom is 0.312 e. The molecule has 6 atom stereocenters. The molecular weight excluding hydrogens is 472 g/mol. The van der Waals surface area contributed by atoms with Crippen LogP contribution in [-0.2, 0) is 23.9 Å². The van der Waals surface area contributed by atoms with E-state index in [-0.39, 0.29) is 30.9 Å². The van der Waals surface area contributed by atoms with E-state index >= 15 is 0 Å². The Labute approximate surface area is 222 Å². The summed E-state index contributed by atoms with van der Waals surface area (Å²) in [4.78, 5) is 45.3. The summed E-state index contributed by atoms with van der Waals surface area (Å²) in [6.45, 7) is 18.4. The van der Waals surface area contributed by atoms with Gasteiger partial charge in [-0.1, -0.05) is 31.9 Å². The Kier molecular flexibility index (Phi) is 8.95. The molecule has 3 aliphatic rings. The predicted molar refractivity (Wildman–Crippen MR) is 141 cm³/mol. The van der Waals surface area contributed by atoms with Crippen molar-refractivity contribution >= 4 is 17.8 Å². The van der Waals surface area contributed by atoms with Crippen molar-refractivity contribution in [2.24, 2.45) is 17.8 Å². The lowest BCUT2D eigenvalue weighted by Crippen LogP contribution is -2.60. The zero-order valence-corrected chi connectivity index (χ0v) is 23.3. The summed E-state index contributed by atoms with van der Waals surface area (Å²) < 4.78 is 12.3. The minimum absolute atomic E-state index is 0.0317. The molecule has 3 unspecified atom stereocenters. The molecule has 2 amide bonds. The van der Waals surface area contributed by atoms with E-state index in [1.54, 1.807) is 22.0 Å². The Balaban J connectivity index is 2.03. The summed E-state index contributed by atoms with van der Waals surface area (Å²) in [5, 5.41) is 9.12. The molecule has 2 bridgehead atoms. The van der Waals surface area contributed by atoms with E-state index in [2.05, 4.69) is 13.2 Å². The maximum atomic E-state index is 14.3. The van der Waals surface area contributed by atoms with Gasteiger partial charge in [0.1, 0.15) is 17.6 Å². The number of carbonyl (C=O) groups is 3. The fraction of sp³-hybridized carbons (Fsp3) is 0.759. The largest absolute Gasteiger partial charge is 0.465 e. The van der Waals surface area contributed by atoms with Crippen molar-refractivity contribution in [2.45, 2.75) is 95.9 Å². The summed E-state index contributed by atoms with van der Waals surface area (Å²) >= 11 is 0. The van der Waals surface area contributed by atoms with Crippen LogP contribution in [0.1, 0.15) is 73.1 Å². The van der Waals surface area contributed by atoms with Gasteiger partial charge in [-0.2, -0.15) is 0 Å². The van der Waals surface area contributed by atoms with Gasteiger partial charge in [0.05, 0.1) is 18.1 Å². The Morgan fingerprint density at radius 3 is 2.49 bits per heavy atom. The second-order valence-corrected chi connectivity index (χ2v) is 12.0. The number of rotatable bonds is 13. The number of unbranched alkanes of at least 4 members (excludes halogenated alkanes) is 3. The molecule has 0 radical (unpaired) electrons. The van der Waals surface area contributed by atoms with Crippen molar-refractivity contribution in [3.63, 3.8) is 0 Å². The Morgan fingerprint density at radius 1 is 1.22 bits per heavy atom. The molecule has 3 fully saturated rings. The van der Waals surface area contributed by atoms with Crippen molar-refractivity contribution in [1.82, 2.24) is 9.80 Å². The lowest BCUT2D eigenvalue weighted by molar-refractivity contribution is -0.162. The molecule has 1 spiro atoms. The summed E-state index contributed by atoms with van der Waals surface area (Å²) in [6.07, 6.45) is 7.53. The first-order valence-corrected chi connectivity index (χ1v) is 13.7. The van der Waals surface area contributed by atoms with Crippen molar-refractivity contribution in [1.29, 1.82) is 0 Å². The molecule has 0 aromatic rings. The van der Waals surface area contributed by atoms with Gasteiger partial charge in [0.2, 0.25) is 11.8 Å². The van der Waals surface area contributed by atoms with Gasteiger partial charge in [-0.25, -0.2) is 0 Å². The lowest BCUT2D eigenvalue weighted by Gasteiger charge is -2.42. The molecule has 0 saturated carbocycles. The van der Waals surface area contributed by atoms with E-state index in [1.165, 1.54) is 0 Å². The fourth-order valence-electron chi connectivity index (χ4n) is 6.67. The Bertz CT molecular complexity index is 897. The number of aliphatic hydroxyl groups excluding tert-OH is 1. The third kappa shape index (κ3) is 5.11. The second kappa shape index (κ2) is 11.3. The number of likely N-dealkylation sites (tertiary alicyclic amines) is 1. The highest BCUT2D eigenvalue weighted by Crippen LogP contribution is 2.65. The molecule has 0 aromatic carbocycles. The highest BCUT2D eigenvalue weighted by Gasteiger charge is 2.80. The van der Waals surface area contributed by atoms with E-state index < -0.39 is 40.6 Å². The highest BCUT2D eigenvalue weighted by atomic mass is 16.6. The van der Waals surface area contributed by atoms with Crippen LogP contribution in [0.15, 0.2) is 25.3 Å². The molecule has 208 valence electrons. The van der Waals surface area contributed by atoms with Gasteiger partial charge in [0.15, 0.2) is 0 Å². The van der Waals surface area contributed by atoms with Gasteiger partial charge in [-0.3, -0.25) is 14.4 Å². The second-order valence-electron chi connectivity index (χ2n) is 12.0. The van der Waals surface area contributed by atoms with E-state index in [0.717, 1.165) is 12.8 Å². The van der Waals surface area contributed by atoms with Crippen LogP contribution in [0, 0.1) is 17.8 Å². The predicted octanol–water partition coefficient (Wildman–Crippen LogP) is 3.48. The Morgan fingerprint density at radius 2 is 1.89 bits per heavy atom. The number of fused-ring (bicyclic) bond motifs is 1. The fourth-order valence-corrected chi connectivity index (χ4v) is 6.67. The van der Waals surface area contributed by atoms with Crippen LogP contribution < -0.4 is 0 Å². The SMILES string of the molecule is C=CCCOC(=O)[C@H]1[C@H]2C(=O)N(CCCCCCO)C(C(=O)N(CC=C)C(C)(C)C)C23CC(C)[C@]1(C)O3. The number of ether oxygens (including phenoxy) is 2. The molecule has 1 N–H and O–H groups in total. The number of aliphatic hydroxyl groups is 1. The quantitative estimate of drug-likeness (QED) is 0.228. The highest BCUT2D eigenvalue weighted by molar-refractivity contribution is 5.98. The van der Waals surface area contributed by atoms with Crippen LogP contribution >= 0.6 is 0 Å². The summed E-state index contributed by atoms with van der Waals surface area (Å²) in [5.41, 5.74) is -2.46. The number of carbonyl (C=O) groups excluding carboxylic acids is 3. The van der Waals surface area contributed by atoms with Gasteiger partial charge >= 0.3 is 5.97 Å². The molecular formula is C29H46N2O6. The maximum absolute atomic E-state index is 14.3. The third-order valence-electron chi connectivity index (χ3n) is 8.56. The smallest absolute Gasteiger partial charge is 0.312 e. The first kappa shape index (κ1) is 29.4. The minimum atomic E-state index is -1.08. The molecule has 0 aliphatic carbocycles. The van der Waals surface area contributed by atoms with E-state index in [1.807, 2.05) is 34.6 Å². The molecule has 0 aromatic heterocycles. The van der Waals surface area contributed by atoms with Crippen LogP contribution in [0.2, 0.25) is 0 Å². The lowest BCUT2D eigenvalue weighted by atomic mass is 9.62. The van der Waals surface area contributed by atoms with E-state index in [4.69, 9.17) is 14.6 Å². The number of esters is 1. The summed E-state index contributed by atoms with van der Waals surface area (Å²) in [5.74, 6) is -2.38. The minimum Gasteiger partial charge on any atom is -0.465 e. The van der Waals surface area contributed by atoms with Crippen LogP contribution in [0.5, 0.6) is 0 Å². The molecule has 8 nitrogen and oxygen atoms in total. The van der Waals surface area contributed by atoms with Crippen molar-refractivity contribution in [3.05, 3.63) is 25.3 Å². The molecule has 3 heterocycles. The van der Waals surface area contributed by atoms with Gasteiger partial charge in [-0.05, 0) is 59.3 Å². The zero-order valence-electron chi connectivity index (χ0n) is 23.3. The van der Waals surface area contributed by atoms with Gasteiger partial charge in [-0.15, -0.1) is 13.2 Å². The number of nitrogens with zero attached hydrogens (tertiary/aromatic N) is 2. The molecule has 3 rings (SSSR count). The Hall–Kier alpha value is -2.19. The average Bonchev–Trinajstić information content (AvgIpc) is 3.33. The van der Waals surface area contributed by atoms with E-state index in [0.29, 0.717) is 38.8 Å². The standard InChI is InChI=1S/C29H46N2O6/c1-8-10-18-36-26(35)22-21-24(33)30(16-13-11-12-14-17-32)23(25(34)31(15-9-2)27(4,5)6)29(21)19-20(3)28(22,7)37-29/h8-9,20-23,32H,1-2,10-19H2,3-7H3/t20?,21-,22+,23?,28-,29?/m0/s1. The normalized spacial score (nSPS) is 32.4. The molecule has 3 aliphatic heterocycles. The van der Waals surface area contributed by atoms with Gasteiger partial charge in [0, 0.05) is 25.2 Å². The molecule has 8 heteroatoms. The van der Waals surface area contributed by atoms with E-state index in [9.17, 15) is 14.4 Å². The first-order valence-electron chi connectivity index (χ1n) is 13.7. The number of hydrogen-bond acceptors (Lipinski definition) is 6. The number of amides is 2. The molecule has 37 heavy (non-hydrogen) atoms. The first-order chi connectivity index (χ1) is 17.4. The topological polar surface area (TPSA) is 96.4 Å². The van der Waals surface area contributed by atoms with Crippen molar-refractivity contribution in [2.75, 3.05) is 26.3 Å². The van der Waals surface area contributed by atoms with Gasteiger partial charge < -0.3 is 24.4 Å². The monoisotopic (exact) mass is 518 g/mol. The van der Waals surface area contributed by atoms with Crippen molar-refractivity contribution < 1.29 is 29.0 Å². The van der Waals surface area contributed by atoms with Crippen LogP contribution in [-0.4, -0.2) is 81.8 Å². The summed E-state index contributed by atoms with van der Waals surface area (Å²) in [7, 11) is 0. The van der Waals surface area contributed by atoms with Crippen LogP contribution in [0.3, 0.4) is 0 Å². The molecule has 3 saturated heterocycles. The van der Waals surface area contributed by atoms with Crippen molar-refractivity contribution in [3.8, 4) is 0 Å². The van der Waals surface area contributed by atoms with Gasteiger partial charge in [0.25, 0.3) is 0 Å². The number of hydrogen-bond donors (Lipinski definition) is 1. The summed E-state index contributed by atoms with van der Waals surface area (Å²) in [6, 6.07) is -0.822. The third-order valence-corrected chi connectivity index (χ3v) is 8.56. The zero-order chi connectivity index (χ0) is 27.6. The van der Waals surface area contributed by atoms with Crippen LogP contribution in [0.4, 0.5) is 0 Å².